The molecular weight excluding hydrogens is 996 g/mol. The van der Waals surface area contributed by atoms with Gasteiger partial charge in [0.1, 0.15) is 0 Å². The van der Waals surface area contributed by atoms with Crippen LogP contribution in [0.1, 0.15) is 89.9 Å². The molecule has 77 heavy (non-hydrogen) atoms. The maximum atomic E-state index is 8.67. The number of hydrogen-bond acceptors (Lipinski definition) is 18. The van der Waals surface area contributed by atoms with Gasteiger partial charge in [-0.15, -0.1) is 11.6 Å². The number of nitrogens with zero attached hydrogens (tertiary/aromatic N) is 9. The molecular formula is C58H133ClN12O6. The summed E-state index contributed by atoms with van der Waals surface area (Å²) in [7, 11) is 26.1. The van der Waals surface area contributed by atoms with Crippen molar-refractivity contribution in [2.24, 2.45) is 0 Å². The van der Waals surface area contributed by atoms with Gasteiger partial charge in [-0.1, -0.05) is 64.2 Å². The van der Waals surface area contributed by atoms with E-state index in [0.29, 0.717) is 52.1 Å². The van der Waals surface area contributed by atoms with Crippen LogP contribution in [-0.2, 0) is 18.9 Å². The van der Waals surface area contributed by atoms with Crippen LogP contribution in [0.25, 0.3) is 0 Å². The Hall–Kier alpha value is -0.430. The highest BCUT2D eigenvalue weighted by molar-refractivity contribution is 6.17. The quantitative estimate of drug-likeness (QED) is 0.0446. The maximum Gasteiger partial charge on any atom is 0.0701 e. The molecule has 0 unspecified atom stereocenters. The van der Waals surface area contributed by atoms with Gasteiger partial charge in [0.25, 0.3) is 0 Å². The lowest BCUT2D eigenvalue weighted by atomic mass is 10.1. The van der Waals surface area contributed by atoms with Crippen molar-refractivity contribution in [2.75, 3.05) is 294 Å². The van der Waals surface area contributed by atoms with Gasteiger partial charge in [0.05, 0.1) is 66.1 Å². The Bertz CT molecular complexity index is 1060. The predicted molar refractivity (Wildman–Crippen MR) is 332 cm³/mol. The van der Waals surface area contributed by atoms with Crippen molar-refractivity contribution in [3.63, 3.8) is 0 Å². The lowest BCUT2D eigenvalue weighted by Gasteiger charge is -2.24. The first-order valence-corrected chi connectivity index (χ1v) is 31.0. The predicted octanol–water partition coefficient (Wildman–Crippen LogP) is 3.75. The summed E-state index contributed by atoms with van der Waals surface area (Å²) in [6.07, 6.45) is 19.2. The molecule has 0 heterocycles. The van der Waals surface area contributed by atoms with Gasteiger partial charge in [0.2, 0.25) is 0 Å². The number of rotatable bonds is 59. The van der Waals surface area contributed by atoms with Crippen LogP contribution in [0.4, 0.5) is 0 Å². The minimum atomic E-state index is 0.0650. The summed E-state index contributed by atoms with van der Waals surface area (Å²) in [6, 6.07) is 0. The van der Waals surface area contributed by atoms with Crippen molar-refractivity contribution in [3.05, 3.63) is 0 Å². The summed E-state index contributed by atoms with van der Waals surface area (Å²) < 4.78 is 20.7. The second kappa shape index (κ2) is 66.4. The molecule has 0 bridgehead atoms. The first kappa shape index (κ1) is 80.8. The fourth-order valence-corrected chi connectivity index (χ4v) is 8.07. The Morgan fingerprint density at radius 3 is 0.714 bits per heavy atom. The van der Waals surface area contributed by atoms with Crippen molar-refractivity contribution in [1.82, 2.24) is 60.0 Å². The highest BCUT2D eigenvalue weighted by Gasteiger charge is 2.07. The third-order valence-electron chi connectivity index (χ3n) is 13.8. The number of alkyl halides is 1. The highest BCUT2D eigenvalue weighted by atomic mass is 35.5. The Morgan fingerprint density at radius 2 is 0.468 bits per heavy atom. The molecule has 0 aliphatic carbocycles. The molecule has 0 aliphatic heterocycles. The molecule has 0 rings (SSSR count). The third-order valence-corrected chi connectivity index (χ3v) is 13.9. The van der Waals surface area contributed by atoms with Crippen LogP contribution in [0.3, 0.4) is 0 Å². The maximum absolute atomic E-state index is 8.67. The van der Waals surface area contributed by atoms with Gasteiger partial charge in [-0.05, 0) is 136 Å². The lowest BCUT2D eigenvalue weighted by molar-refractivity contribution is 0.0278. The minimum absolute atomic E-state index is 0.0650. The molecule has 0 aromatic heterocycles. The van der Waals surface area contributed by atoms with Crippen molar-refractivity contribution < 1.29 is 29.2 Å². The van der Waals surface area contributed by atoms with Gasteiger partial charge >= 0.3 is 0 Å². The topological polar surface area (TPSA) is 143 Å². The largest absolute Gasteiger partial charge is 0.394 e. The summed E-state index contributed by atoms with van der Waals surface area (Å²) >= 11 is 5.34. The van der Waals surface area contributed by atoms with Crippen LogP contribution in [0.15, 0.2) is 0 Å². The zero-order valence-electron chi connectivity index (χ0n) is 53.0. The molecule has 0 spiro atoms. The number of unbranched alkanes of at least 4 members (excludes halogenated alkanes) is 12. The van der Waals surface area contributed by atoms with E-state index in [1.807, 2.05) is 21.1 Å². The molecule has 0 aromatic carbocycles. The summed E-state index contributed by atoms with van der Waals surface area (Å²) in [6.45, 7) is 28.2. The van der Waals surface area contributed by atoms with Crippen molar-refractivity contribution in [2.45, 2.75) is 89.9 Å². The average molecular weight is 1130 g/mol. The van der Waals surface area contributed by atoms with Crippen molar-refractivity contribution in [3.8, 4) is 0 Å². The summed E-state index contributed by atoms with van der Waals surface area (Å²) in [5, 5.41) is 26.6. The molecule has 19 heteroatoms. The first-order valence-electron chi connectivity index (χ1n) is 30.5. The van der Waals surface area contributed by atoms with E-state index in [1.165, 1.54) is 149 Å². The monoisotopic (exact) mass is 1130 g/mol. The van der Waals surface area contributed by atoms with Gasteiger partial charge in [-0.25, -0.2) is 0 Å². The molecule has 0 atom stereocenters. The van der Waals surface area contributed by atoms with E-state index in [4.69, 9.17) is 40.8 Å². The second-order valence-corrected chi connectivity index (χ2v) is 22.0. The second-order valence-electron chi connectivity index (χ2n) is 21.6. The zero-order chi connectivity index (χ0) is 57.7. The normalized spacial score (nSPS) is 12.0. The summed E-state index contributed by atoms with van der Waals surface area (Å²) in [4.78, 5) is 21.9. The molecule has 0 radical (unpaired) electrons. The van der Waals surface area contributed by atoms with Gasteiger partial charge in [-0.2, -0.15) is 0 Å². The van der Waals surface area contributed by atoms with E-state index in [0.717, 1.165) is 85.1 Å². The molecule has 0 saturated heterocycles. The van der Waals surface area contributed by atoms with E-state index >= 15 is 0 Å². The van der Waals surface area contributed by atoms with E-state index in [2.05, 4.69) is 123 Å². The van der Waals surface area contributed by atoms with E-state index < -0.39 is 0 Å². The average Bonchev–Trinajstić information content (AvgIpc) is 3.42. The van der Waals surface area contributed by atoms with Gasteiger partial charge in [0, 0.05) is 117 Å². The van der Waals surface area contributed by atoms with Gasteiger partial charge < -0.3 is 89.2 Å². The Morgan fingerprint density at radius 1 is 0.260 bits per heavy atom. The molecule has 0 fully saturated rings. The molecule has 0 aromatic rings. The number of aliphatic hydroxyl groups is 2. The fraction of sp³-hybridized carbons (Fsp3) is 1.00. The van der Waals surface area contributed by atoms with Crippen LogP contribution in [0, 0.1) is 0 Å². The molecule has 0 aliphatic rings. The van der Waals surface area contributed by atoms with Crippen LogP contribution < -0.4 is 16.0 Å². The Kier molecular flexibility index (Phi) is 69.6. The number of hydrogen-bond donors (Lipinski definition) is 5. The summed E-state index contributed by atoms with van der Waals surface area (Å²) in [5.74, 6) is 0.514. The number of ether oxygens (including phenoxy) is 4. The smallest absolute Gasteiger partial charge is 0.0701 e. The minimum Gasteiger partial charge on any atom is -0.394 e. The summed E-state index contributed by atoms with van der Waals surface area (Å²) in [5.41, 5.74) is 0. The standard InChI is InChI=1S/C29H66N6O3.C23H54N6.C6H13ClO3/c1-30-14-17-33(4)20-18-31(2)15-12-10-8-7-9-11-13-16-32(3)19-21-34(5)22-23-35(6)24-26-37-28-29-38-27-25-36;1-24-14-18-28(5)22-20-26(3)16-12-10-8-7-9-11-13-17-27(4)21-23-29(6)19-15-25-2;7-1-3-9-5-6-10-4-2-8/h30,36H,7-29H2,1-6H3;24-25H,7-23H2,1-6H3;8H,1-6H2. The SMILES string of the molecule is CNCCN(C)CCN(C)CCCCCCCCCN(C)CCN(C)CCN(C)CCOCCOCCO.CNCCN(C)CCN(C)CCCCCCCCCN(C)CCN(C)CCNC.OCCOCCOCCCl. The Balaban J connectivity index is -0.00000123. The first-order chi connectivity index (χ1) is 37.3. The zero-order valence-corrected chi connectivity index (χ0v) is 53.7. The number of aliphatic hydroxyl groups excluding tert-OH is 2. The van der Waals surface area contributed by atoms with Crippen LogP contribution in [0.5, 0.6) is 0 Å². The van der Waals surface area contributed by atoms with E-state index in [-0.39, 0.29) is 13.2 Å². The third kappa shape index (κ3) is 69.8. The molecule has 0 saturated carbocycles. The van der Waals surface area contributed by atoms with Crippen LogP contribution in [-0.4, -0.2) is 348 Å². The van der Waals surface area contributed by atoms with E-state index in [9.17, 15) is 0 Å². The number of likely N-dealkylation sites (N-methyl/N-ethyl adjacent to an activating group) is 12. The molecule has 0 amide bonds. The van der Waals surface area contributed by atoms with Gasteiger partial charge in [-0.3, -0.25) is 0 Å². The van der Waals surface area contributed by atoms with Crippen molar-refractivity contribution in [1.29, 1.82) is 0 Å². The highest BCUT2D eigenvalue weighted by Crippen LogP contribution is 2.10. The lowest BCUT2D eigenvalue weighted by Crippen LogP contribution is -2.36. The fourth-order valence-electron chi connectivity index (χ4n) is 7.96. The number of halogens is 1. The molecule has 18 nitrogen and oxygen atoms in total. The van der Waals surface area contributed by atoms with E-state index in [1.54, 1.807) is 0 Å². The van der Waals surface area contributed by atoms with Crippen molar-refractivity contribution >= 4 is 11.6 Å². The van der Waals surface area contributed by atoms with Crippen LogP contribution >= 0.6 is 11.6 Å². The van der Waals surface area contributed by atoms with Crippen LogP contribution in [0.2, 0.25) is 0 Å². The Labute approximate surface area is 482 Å². The van der Waals surface area contributed by atoms with Gasteiger partial charge in [0.15, 0.2) is 0 Å². The molecule has 468 valence electrons. The molecule has 5 N–H and O–H groups in total. The number of nitrogens with one attached hydrogen (secondary N) is 3.